The summed E-state index contributed by atoms with van der Waals surface area (Å²) in [6, 6.07) is -3.18. The molecule has 1 unspecified atom stereocenters. The van der Waals surface area contributed by atoms with Gasteiger partial charge in [-0.2, -0.15) is 13.2 Å². The number of aliphatic hydroxyl groups is 1. The maximum atomic E-state index is 13.1. The van der Waals surface area contributed by atoms with Crippen LogP contribution in [-0.4, -0.2) is 58.3 Å². The largest absolute Gasteiger partial charge is 0.444 e. The van der Waals surface area contributed by atoms with Gasteiger partial charge in [0.2, 0.25) is 11.8 Å². The molecule has 210 valence electrons. The van der Waals surface area contributed by atoms with Gasteiger partial charge in [-0.3, -0.25) is 9.59 Å². The van der Waals surface area contributed by atoms with E-state index in [4.69, 9.17) is 10.5 Å². The van der Waals surface area contributed by atoms with Crippen molar-refractivity contribution in [3.05, 3.63) is 10.6 Å². The van der Waals surface area contributed by atoms with E-state index in [0.29, 0.717) is 11.3 Å². The Morgan fingerprint density at radius 2 is 1.73 bits per heavy atom. The fraction of sp³-hybridized carbons (Fsp3) is 0.667. The van der Waals surface area contributed by atoms with Crippen molar-refractivity contribution < 1.29 is 42.2 Å². The van der Waals surface area contributed by atoms with Crippen LogP contribution in [0.2, 0.25) is 0 Å². The third kappa shape index (κ3) is 11.2. The maximum Gasteiger partial charge on any atom is 0.434 e. The van der Waals surface area contributed by atoms with Crippen LogP contribution in [0.1, 0.15) is 58.0 Å². The van der Waals surface area contributed by atoms with Gasteiger partial charge in [0.25, 0.3) is 0 Å². The highest BCUT2D eigenvalue weighted by atomic mass is 32.1. The summed E-state index contributed by atoms with van der Waals surface area (Å²) in [5.74, 6) is -2.05. The van der Waals surface area contributed by atoms with Crippen molar-refractivity contribution in [1.82, 2.24) is 20.9 Å². The molecule has 5 amide bonds. The minimum atomic E-state index is -4.84. The second-order valence-corrected chi connectivity index (χ2v) is 10.4. The van der Waals surface area contributed by atoms with Crippen molar-refractivity contribution in [2.45, 2.75) is 77.9 Å². The summed E-state index contributed by atoms with van der Waals surface area (Å²) in [6.07, 6.45) is -5.57. The average molecular weight is 555 g/mol. The smallest absolute Gasteiger partial charge is 0.434 e. The van der Waals surface area contributed by atoms with E-state index in [0.717, 1.165) is 0 Å². The molecule has 0 fully saturated rings. The summed E-state index contributed by atoms with van der Waals surface area (Å²) in [5, 5.41) is 18.3. The number of hydrogen-bond acceptors (Lipinski definition) is 8. The molecule has 0 bridgehead atoms. The molecular weight excluding hydrogens is 521 g/mol. The van der Waals surface area contributed by atoms with Gasteiger partial charge in [0, 0.05) is 6.54 Å². The Labute approximate surface area is 215 Å². The Morgan fingerprint density at radius 3 is 2.19 bits per heavy atom. The fourth-order valence-corrected chi connectivity index (χ4v) is 3.79. The van der Waals surface area contributed by atoms with E-state index in [2.05, 4.69) is 26.3 Å². The zero-order valence-electron chi connectivity index (χ0n) is 21.1. The van der Waals surface area contributed by atoms with Crippen LogP contribution in [0.5, 0.6) is 0 Å². The number of rotatable bonds is 11. The molecular formula is C21H33F3N6O6S. The molecule has 0 saturated carbocycles. The zero-order valence-corrected chi connectivity index (χ0v) is 21.9. The van der Waals surface area contributed by atoms with Gasteiger partial charge in [-0.25, -0.2) is 14.6 Å². The molecule has 1 rings (SSSR count). The van der Waals surface area contributed by atoms with Crippen LogP contribution in [0, 0.1) is 5.92 Å². The highest BCUT2D eigenvalue weighted by Crippen LogP contribution is 2.36. The first-order chi connectivity index (χ1) is 16.9. The predicted octanol–water partition coefficient (Wildman–Crippen LogP) is 2.08. The number of aromatic nitrogens is 1. The summed E-state index contributed by atoms with van der Waals surface area (Å²) >= 11 is 0.435. The van der Waals surface area contributed by atoms with E-state index in [1.165, 1.54) is 0 Å². The Kier molecular flexibility index (Phi) is 11.6. The van der Waals surface area contributed by atoms with Crippen LogP contribution in [-0.2, 0) is 27.1 Å². The van der Waals surface area contributed by atoms with Crippen molar-refractivity contribution >= 4 is 40.4 Å². The summed E-state index contributed by atoms with van der Waals surface area (Å²) in [6.45, 7) is 7.35. The number of aliphatic hydroxyl groups excluding tert-OH is 1. The second kappa shape index (κ2) is 13.4. The number of thiazole rings is 1. The zero-order chi connectivity index (χ0) is 28.6. The molecule has 16 heteroatoms. The van der Waals surface area contributed by atoms with Crippen LogP contribution >= 0.6 is 11.3 Å². The minimum Gasteiger partial charge on any atom is -0.444 e. The number of anilines is 1. The monoisotopic (exact) mass is 554 g/mol. The van der Waals surface area contributed by atoms with Crippen molar-refractivity contribution in [2.75, 3.05) is 11.9 Å². The number of urea groups is 1. The molecule has 2 atom stereocenters. The lowest BCUT2D eigenvalue weighted by Gasteiger charge is -2.27. The molecule has 0 saturated heterocycles. The molecule has 0 spiro atoms. The topological polar surface area (TPSA) is 185 Å². The van der Waals surface area contributed by atoms with Gasteiger partial charge >= 0.3 is 18.3 Å². The normalized spacial score (nSPS) is 13.5. The summed E-state index contributed by atoms with van der Waals surface area (Å²) < 4.78 is 44.6. The van der Waals surface area contributed by atoms with Gasteiger partial charge in [-0.15, -0.1) is 0 Å². The lowest BCUT2D eigenvalue weighted by atomic mass is 10.0. The molecule has 1 aromatic heterocycles. The average Bonchev–Trinajstić information content (AvgIpc) is 3.15. The highest BCUT2D eigenvalue weighted by Gasteiger charge is 2.38. The number of carbonyl (C=O) groups is 4. The highest BCUT2D eigenvalue weighted by molar-refractivity contribution is 7.15. The number of hydrogen-bond donors (Lipinski definition) is 6. The number of nitrogens with two attached hydrogens (primary N) is 1. The number of nitrogens with one attached hydrogen (secondary N) is 4. The second-order valence-electron chi connectivity index (χ2n) is 9.30. The van der Waals surface area contributed by atoms with Gasteiger partial charge in [0.15, 0.2) is 10.8 Å². The molecule has 0 aliphatic rings. The van der Waals surface area contributed by atoms with Gasteiger partial charge in [0.05, 0.1) is 11.5 Å². The van der Waals surface area contributed by atoms with E-state index >= 15 is 0 Å². The number of amides is 5. The minimum absolute atomic E-state index is 0.0422. The van der Waals surface area contributed by atoms with Crippen molar-refractivity contribution in [2.24, 2.45) is 11.7 Å². The van der Waals surface area contributed by atoms with Gasteiger partial charge in [0.1, 0.15) is 17.7 Å². The van der Waals surface area contributed by atoms with E-state index in [-0.39, 0.29) is 19.4 Å². The predicted molar refractivity (Wildman–Crippen MR) is 128 cm³/mol. The van der Waals surface area contributed by atoms with Gasteiger partial charge in [-0.05, 0) is 39.5 Å². The number of nitrogens with zero attached hydrogens (tertiary/aromatic N) is 1. The van der Waals surface area contributed by atoms with Crippen LogP contribution in [0.4, 0.5) is 27.9 Å². The first-order valence-electron chi connectivity index (χ1n) is 11.3. The van der Waals surface area contributed by atoms with Crippen LogP contribution in [0.15, 0.2) is 0 Å². The van der Waals surface area contributed by atoms with E-state index in [1.54, 1.807) is 34.6 Å². The first-order valence-corrected chi connectivity index (χ1v) is 12.1. The molecule has 0 aliphatic heterocycles. The third-order valence-corrected chi connectivity index (χ3v) is 5.52. The summed E-state index contributed by atoms with van der Waals surface area (Å²) in [5.41, 5.74) is 2.85. The van der Waals surface area contributed by atoms with Gasteiger partial charge < -0.3 is 36.8 Å². The van der Waals surface area contributed by atoms with Crippen LogP contribution in [0.3, 0.4) is 0 Å². The summed E-state index contributed by atoms with van der Waals surface area (Å²) in [7, 11) is 0. The standard InChI is InChI=1S/C21H33F3N6O6S/c1-10(2)13(28-19(35)36-20(3,4)5)16(33)27-11(7-6-8-26-17(25)34)15(32)30-18-29-14(21(22,23)24)12(9-31)37-18/h10-11,13,31H,6-9H2,1-5H3,(H,27,33)(H,28,35)(H3,25,26,34)(H,29,30,32)/t11-,13?/m1/s1. The van der Waals surface area contributed by atoms with Crippen molar-refractivity contribution in [3.8, 4) is 0 Å². The maximum absolute atomic E-state index is 13.1. The number of halogens is 3. The molecule has 7 N–H and O–H groups in total. The quantitative estimate of drug-likeness (QED) is 0.226. The Hall–Kier alpha value is -3.14. The van der Waals surface area contributed by atoms with Crippen molar-refractivity contribution in [1.29, 1.82) is 0 Å². The molecule has 1 heterocycles. The Morgan fingerprint density at radius 1 is 1.11 bits per heavy atom. The van der Waals surface area contributed by atoms with Gasteiger partial charge in [-0.1, -0.05) is 25.2 Å². The number of alkyl carbamates (subject to hydrolysis) is 1. The number of alkyl halides is 3. The fourth-order valence-electron chi connectivity index (χ4n) is 2.94. The molecule has 0 aromatic carbocycles. The molecule has 1 aromatic rings. The number of ether oxygens (including phenoxy) is 1. The lowest BCUT2D eigenvalue weighted by molar-refractivity contribution is -0.141. The first kappa shape index (κ1) is 31.9. The SMILES string of the molecule is CC(C)C(NC(=O)OC(C)(C)C)C(=O)N[C@H](CCCNC(N)=O)C(=O)Nc1nc(C(F)(F)F)c(CO)s1. The molecule has 0 aliphatic carbocycles. The van der Waals surface area contributed by atoms with Crippen LogP contribution in [0.25, 0.3) is 0 Å². The van der Waals surface area contributed by atoms with E-state index in [1.807, 2.05) is 0 Å². The number of primary amides is 1. The van der Waals surface area contributed by atoms with Crippen molar-refractivity contribution in [3.63, 3.8) is 0 Å². The van der Waals surface area contributed by atoms with Crippen LogP contribution < -0.4 is 27.0 Å². The lowest BCUT2D eigenvalue weighted by Crippen LogP contribution is -2.55. The molecule has 37 heavy (non-hydrogen) atoms. The molecule has 12 nitrogen and oxygen atoms in total. The third-order valence-electron chi connectivity index (χ3n) is 4.56. The Bertz CT molecular complexity index is 964. The number of carbonyl (C=O) groups excluding carboxylic acids is 4. The van der Waals surface area contributed by atoms with E-state index in [9.17, 15) is 37.5 Å². The Balaban J connectivity index is 3.07. The van der Waals surface area contributed by atoms with E-state index < -0.39 is 76.0 Å². The summed E-state index contributed by atoms with van der Waals surface area (Å²) in [4.78, 5) is 51.8. The molecule has 0 radical (unpaired) electrons.